The highest BCUT2D eigenvalue weighted by Crippen LogP contribution is 2.07. The quantitative estimate of drug-likeness (QED) is 0.584. The van der Waals surface area contributed by atoms with Crippen LogP contribution in [0.25, 0.3) is 0 Å². The van der Waals surface area contributed by atoms with Crippen molar-refractivity contribution in [1.82, 2.24) is 4.72 Å². The van der Waals surface area contributed by atoms with Gasteiger partial charge in [0.25, 0.3) is 0 Å². The van der Waals surface area contributed by atoms with Gasteiger partial charge in [0.05, 0.1) is 12.4 Å². The van der Waals surface area contributed by atoms with Gasteiger partial charge in [-0.2, -0.15) is 0 Å². The molecule has 0 spiro atoms. The minimum absolute atomic E-state index is 0.164. The largest absolute Gasteiger partial charge is 0.465 e. The topological polar surface area (TPSA) is 72.5 Å². The highest BCUT2D eigenvalue weighted by molar-refractivity contribution is 7.88. The Morgan fingerprint density at radius 2 is 2.00 bits per heavy atom. The Kier molecular flexibility index (Phi) is 6.98. The van der Waals surface area contributed by atoms with Crippen LogP contribution >= 0.6 is 11.6 Å². The first-order valence-corrected chi connectivity index (χ1v) is 8.43. The molecule has 5 nitrogen and oxygen atoms in total. The molecule has 0 saturated heterocycles. The van der Waals surface area contributed by atoms with E-state index in [4.69, 9.17) is 16.3 Å². The zero-order chi connectivity index (χ0) is 15.0. The predicted molar refractivity (Wildman–Crippen MR) is 78.0 cm³/mol. The SMILES string of the molecule is CCOC(=O)[C@H](CCCl)NS(=O)(=O)Cc1ccccc1. The van der Waals surface area contributed by atoms with Crippen molar-refractivity contribution < 1.29 is 17.9 Å². The van der Waals surface area contributed by atoms with Crippen molar-refractivity contribution in [2.75, 3.05) is 12.5 Å². The molecule has 1 aromatic carbocycles. The third-order valence-corrected chi connectivity index (χ3v) is 4.07. The second-order valence-corrected chi connectivity index (χ2v) is 6.28. The van der Waals surface area contributed by atoms with Crippen LogP contribution in [0.2, 0.25) is 0 Å². The Labute approximate surface area is 124 Å². The highest BCUT2D eigenvalue weighted by atomic mass is 35.5. The lowest BCUT2D eigenvalue weighted by molar-refractivity contribution is -0.145. The van der Waals surface area contributed by atoms with Gasteiger partial charge < -0.3 is 4.74 Å². The van der Waals surface area contributed by atoms with Crippen molar-refractivity contribution >= 4 is 27.6 Å². The second-order valence-electron chi connectivity index (χ2n) is 4.14. The molecular formula is C13H18ClNO4S. The smallest absolute Gasteiger partial charge is 0.324 e. The maximum absolute atomic E-state index is 12.0. The van der Waals surface area contributed by atoms with Crippen molar-refractivity contribution in [3.8, 4) is 0 Å². The number of esters is 1. The first kappa shape index (κ1) is 16.9. The minimum Gasteiger partial charge on any atom is -0.465 e. The number of rotatable bonds is 8. The number of benzene rings is 1. The molecule has 0 amide bonds. The zero-order valence-corrected chi connectivity index (χ0v) is 12.8. The van der Waals surface area contributed by atoms with Crippen molar-refractivity contribution in [1.29, 1.82) is 0 Å². The Morgan fingerprint density at radius 1 is 1.35 bits per heavy atom. The van der Waals surface area contributed by atoms with Gasteiger partial charge in [-0.25, -0.2) is 13.1 Å². The fraction of sp³-hybridized carbons (Fsp3) is 0.462. The van der Waals surface area contributed by atoms with E-state index in [1.807, 2.05) is 0 Å². The maximum atomic E-state index is 12.0. The van der Waals surface area contributed by atoms with Crippen LogP contribution in [-0.2, 0) is 25.3 Å². The van der Waals surface area contributed by atoms with E-state index < -0.39 is 22.0 Å². The lowest BCUT2D eigenvalue weighted by atomic mass is 10.2. The fourth-order valence-electron chi connectivity index (χ4n) is 1.63. The third kappa shape index (κ3) is 5.90. The van der Waals surface area contributed by atoms with E-state index in [0.717, 1.165) is 0 Å². The lowest BCUT2D eigenvalue weighted by Crippen LogP contribution is -2.42. The standard InChI is InChI=1S/C13H18ClNO4S/c1-2-19-13(16)12(8-9-14)15-20(17,18)10-11-6-4-3-5-7-11/h3-7,12,15H,2,8-10H2,1H3/t12-/m0/s1. The van der Waals surface area contributed by atoms with Gasteiger partial charge in [-0.1, -0.05) is 30.3 Å². The number of alkyl halides is 1. The first-order chi connectivity index (χ1) is 9.48. The molecule has 0 aliphatic carbocycles. The highest BCUT2D eigenvalue weighted by Gasteiger charge is 2.25. The summed E-state index contributed by atoms with van der Waals surface area (Å²) >= 11 is 5.59. The molecule has 1 N–H and O–H groups in total. The van der Waals surface area contributed by atoms with E-state index in [1.54, 1.807) is 37.3 Å². The normalized spacial score (nSPS) is 12.9. The number of nitrogens with one attached hydrogen (secondary N) is 1. The van der Waals surface area contributed by atoms with E-state index in [1.165, 1.54) is 0 Å². The molecule has 0 bridgehead atoms. The minimum atomic E-state index is -3.63. The van der Waals surface area contributed by atoms with E-state index >= 15 is 0 Å². The number of hydrogen-bond acceptors (Lipinski definition) is 4. The van der Waals surface area contributed by atoms with E-state index in [-0.39, 0.29) is 24.7 Å². The van der Waals surface area contributed by atoms with Crippen molar-refractivity contribution in [3.63, 3.8) is 0 Å². The molecule has 20 heavy (non-hydrogen) atoms. The molecular weight excluding hydrogens is 302 g/mol. The van der Waals surface area contributed by atoms with E-state index in [0.29, 0.717) is 5.56 Å². The molecule has 1 atom stereocenters. The van der Waals surface area contributed by atoms with Crippen LogP contribution < -0.4 is 4.72 Å². The summed E-state index contributed by atoms with van der Waals surface area (Å²) in [6.45, 7) is 1.85. The van der Waals surface area contributed by atoms with E-state index in [9.17, 15) is 13.2 Å². The molecule has 1 rings (SSSR count). The zero-order valence-electron chi connectivity index (χ0n) is 11.2. The van der Waals surface area contributed by atoms with Crippen LogP contribution in [0.4, 0.5) is 0 Å². The number of ether oxygens (including phenoxy) is 1. The van der Waals surface area contributed by atoms with Gasteiger partial charge in [0, 0.05) is 5.88 Å². The number of hydrogen-bond donors (Lipinski definition) is 1. The summed E-state index contributed by atoms with van der Waals surface area (Å²) in [5, 5.41) is 0. The Balaban J connectivity index is 2.73. The van der Waals surface area contributed by atoms with Crippen molar-refractivity contribution in [3.05, 3.63) is 35.9 Å². The Bertz CT molecular complexity index is 518. The van der Waals surface area contributed by atoms with Crippen LogP contribution in [0.1, 0.15) is 18.9 Å². The average Bonchev–Trinajstić information content (AvgIpc) is 2.39. The molecule has 1 aromatic rings. The second kappa shape index (κ2) is 8.24. The number of carbonyl (C=O) groups excluding carboxylic acids is 1. The summed E-state index contributed by atoms with van der Waals surface area (Å²) in [6.07, 6.45) is 0.189. The molecule has 0 radical (unpaired) electrons. The van der Waals surface area contributed by atoms with Gasteiger partial charge in [-0.3, -0.25) is 4.79 Å². The summed E-state index contributed by atoms with van der Waals surface area (Å²) < 4.78 is 31.2. The fourth-order valence-corrected chi connectivity index (χ4v) is 3.21. The van der Waals surface area contributed by atoms with Crippen LogP contribution in [0, 0.1) is 0 Å². The molecule has 0 aromatic heterocycles. The van der Waals surface area contributed by atoms with Crippen molar-refractivity contribution in [2.24, 2.45) is 0 Å². The molecule has 112 valence electrons. The molecule has 0 heterocycles. The number of sulfonamides is 1. The van der Waals surface area contributed by atoms with Gasteiger partial charge >= 0.3 is 5.97 Å². The van der Waals surface area contributed by atoms with Gasteiger partial charge in [-0.15, -0.1) is 11.6 Å². The van der Waals surface area contributed by atoms with Gasteiger partial charge in [0.2, 0.25) is 10.0 Å². The summed E-state index contributed by atoms with van der Waals surface area (Å²) in [5.74, 6) is -0.631. The molecule has 7 heteroatoms. The maximum Gasteiger partial charge on any atom is 0.324 e. The first-order valence-electron chi connectivity index (χ1n) is 6.25. The Morgan fingerprint density at radius 3 is 2.55 bits per heavy atom. The number of carbonyl (C=O) groups is 1. The van der Waals surface area contributed by atoms with E-state index in [2.05, 4.69) is 4.72 Å². The van der Waals surface area contributed by atoms with Gasteiger partial charge in [-0.05, 0) is 18.9 Å². The van der Waals surface area contributed by atoms with Crippen LogP contribution in [0.3, 0.4) is 0 Å². The number of halogens is 1. The van der Waals surface area contributed by atoms with Gasteiger partial charge in [0.1, 0.15) is 6.04 Å². The predicted octanol–water partition coefficient (Wildman–Crippen LogP) is 1.67. The van der Waals surface area contributed by atoms with Crippen LogP contribution in [-0.4, -0.2) is 32.9 Å². The van der Waals surface area contributed by atoms with Crippen LogP contribution in [0.5, 0.6) is 0 Å². The summed E-state index contributed by atoms with van der Waals surface area (Å²) in [4.78, 5) is 11.7. The lowest BCUT2D eigenvalue weighted by Gasteiger charge is -2.16. The summed E-state index contributed by atoms with van der Waals surface area (Å²) in [6, 6.07) is 7.79. The Hall–Kier alpha value is -1.11. The molecule has 0 fully saturated rings. The summed E-state index contributed by atoms with van der Waals surface area (Å²) in [5.41, 5.74) is 0.647. The third-order valence-electron chi connectivity index (χ3n) is 2.49. The van der Waals surface area contributed by atoms with Gasteiger partial charge in [0.15, 0.2) is 0 Å². The van der Waals surface area contributed by atoms with Crippen molar-refractivity contribution in [2.45, 2.75) is 25.1 Å². The molecule has 0 saturated carbocycles. The molecule has 0 unspecified atom stereocenters. The monoisotopic (exact) mass is 319 g/mol. The molecule has 0 aliphatic heterocycles. The summed E-state index contributed by atoms with van der Waals surface area (Å²) in [7, 11) is -3.63. The van der Waals surface area contributed by atoms with Crippen LogP contribution in [0.15, 0.2) is 30.3 Å². The molecule has 0 aliphatic rings. The average molecular weight is 320 g/mol.